The molecule has 144 valence electrons. The molecule has 2 heterocycles. The maximum absolute atomic E-state index is 12.3. The third kappa shape index (κ3) is 3.51. The van der Waals surface area contributed by atoms with Gasteiger partial charge in [0, 0.05) is 12.0 Å². The topological polar surface area (TPSA) is 75.6 Å². The maximum atomic E-state index is 12.3. The lowest BCUT2D eigenvalue weighted by Crippen LogP contribution is -2.06. The van der Waals surface area contributed by atoms with Gasteiger partial charge in [0.1, 0.15) is 0 Å². The summed E-state index contributed by atoms with van der Waals surface area (Å²) in [4.78, 5) is 16.6. The van der Waals surface area contributed by atoms with E-state index in [1.165, 1.54) is 0 Å². The zero-order valence-electron chi connectivity index (χ0n) is 15.6. The molecule has 0 aromatic heterocycles. The van der Waals surface area contributed by atoms with Crippen LogP contribution in [0, 0.1) is 0 Å². The fraction of sp³-hybridized carbons (Fsp3) is 0.238. The lowest BCUT2D eigenvalue weighted by molar-refractivity contribution is -0.129. The van der Waals surface area contributed by atoms with Crippen molar-refractivity contribution in [1.29, 1.82) is 0 Å². The Morgan fingerprint density at radius 3 is 2.54 bits per heavy atom. The summed E-state index contributed by atoms with van der Waals surface area (Å²) in [6.45, 7) is 1.22. The zero-order chi connectivity index (χ0) is 19.5. The molecule has 0 spiro atoms. The highest BCUT2D eigenvalue weighted by molar-refractivity contribution is 6.13. The van der Waals surface area contributed by atoms with Crippen molar-refractivity contribution in [2.24, 2.45) is 4.99 Å². The average molecular weight is 381 g/mol. The summed E-state index contributed by atoms with van der Waals surface area (Å²) in [6.07, 6.45) is 2.49. The summed E-state index contributed by atoms with van der Waals surface area (Å²) in [7, 11) is 3.10. The number of hydrogen-bond acceptors (Lipinski definition) is 7. The number of esters is 1. The molecule has 4 rings (SSSR count). The molecule has 0 amide bonds. The Bertz CT molecular complexity index is 979. The van der Waals surface area contributed by atoms with Gasteiger partial charge in [0.15, 0.2) is 28.7 Å². The number of methoxy groups -OCH3 is 2. The summed E-state index contributed by atoms with van der Waals surface area (Å²) in [5.41, 5.74) is 1.60. The van der Waals surface area contributed by atoms with Gasteiger partial charge in [-0.1, -0.05) is 6.07 Å². The molecule has 2 aliphatic rings. The molecule has 2 aromatic carbocycles. The number of nitrogens with zero attached hydrogens (tertiary/aromatic N) is 1. The van der Waals surface area contributed by atoms with Crippen molar-refractivity contribution in [2.45, 2.75) is 6.42 Å². The lowest BCUT2D eigenvalue weighted by atomic mass is 10.1. The fourth-order valence-corrected chi connectivity index (χ4v) is 2.93. The Hall–Kier alpha value is -3.48. The zero-order valence-corrected chi connectivity index (χ0v) is 15.6. The predicted molar refractivity (Wildman–Crippen MR) is 102 cm³/mol. The first-order chi connectivity index (χ1) is 13.7. The Labute approximate surface area is 162 Å². The lowest BCUT2D eigenvalue weighted by Gasteiger charge is -2.08. The third-order valence-electron chi connectivity index (χ3n) is 4.33. The molecular weight excluding hydrogens is 362 g/mol. The molecule has 7 nitrogen and oxygen atoms in total. The van der Waals surface area contributed by atoms with Crippen LogP contribution < -0.4 is 18.9 Å². The number of aliphatic imine (C=N–C) groups is 1. The van der Waals surface area contributed by atoms with Crippen molar-refractivity contribution in [3.63, 3.8) is 0 Å². The van der Waals surface area contributed by atoms with E-state index in [-0.39, 0.29) is 11.6 Å². The summed E-state index contributed by atoms with van der Waals surface area (Å²) in [6, 6.07) is 10.7. The smallest absolute Gasteiger partial charge is 0.363 e. The van der Waals surface area contributed by atoms with Crippen molar-refractivity contribution in [3.05, 3.63) is 53.2 Å². The number of hydrogen-bond donors (Lipinski definition) is 0. The molecule has 2 aromatic rings. The molecule has 0 bridgehead atoms. The highest BCUT2D eigenvalue weighted by atomic mass is 16.6. The highest BCUT2D eigenvalue weighted by Gasteiger charge is 2.25. The van der Waals surface area contributed by atoms with Gasteiger partial charge in [-0.05, 0) is 42.0 Å². The number of rotatable bonds is 4. The van der Waals surface area contributed by atoms with Crippen LogP contribution in [0.4, 0.5) is 0 Å². The van der Waals surface area contributed by atoms with Crippen LogP contribution in [0.5, 0.6) is 23.0 Å². The van der Waals surface area contributed by atoms with Gasteiger partial charge in [-0.25, -0.2) is 9.79 Å². The van der Waals surface area contributed by atoms with Crippen molar-refractivity contribution in [2.75, 3.05) is 27.4 Å². The van der Waals surface area contributed by atoms with Gasteiger partial charge >= 0.3 is 5.97 Å². The first kappa shape index (κ1) is 17.9. The van der Waals surface area contributed by atoms with E-state index in [1.54, 1.807) is 38.5 Å². The molecule has 0 aliphatic carbocycles. The number of cyclic esters (lactones) is 1. The number of benzene rings is 2. The summed E-state index contributed by atoms with van der Waals surface area (Å²) >= 11 is 0. The quantitative estimate of drug-likeness (QED) is 0.598. The largest absolute Gasteiger partial charge is 0.493 e. The van der Waals surface area contributed by atoms with E-state index >= 15 is 0 Å². The molecular formula is C21H19NO6. The number of carbonyl (C=O) groups is 1. The third-order valence-corrected chi connectivity index (χ3v) is 4.33. The van der Waals surface area contributed by atoms with Crippen LogP contribution in [0.15, 0.2) is 47.1 Å². The SMILES string of the molecule is COc1ccc(C2=N/C(=C/c3ccc4c(c3)OCCCO4)C(=O)O2)cc1OC. The Balaban J connectivity index is 1.63. The molecule has 0 fully saturated rings. The number of carbonyl (C=O) groups excluding carboxylic acids is 1. The van der Waals surface area contributed by atoms with Crippen LogP contribution in [0.25, 0.3) is 6.08 Å². The Morgan fingerprint density at radius 1 is 0.964 bits per heavy atom. The van der Waals surface area contributed by atoms with Gasteiger partial charge in [0.2, 0.25) is 5.90 Å². The summed E-state index contributed by atoms with van der Waals surface area (Å²) < 4.78 is 27.1. The van der Waals surface area contributed by atoms with Gasteiger partial charge < -0.3 is 23.7 Å². The van der Waals surface area contributed by atoms with Crippen LogP contribution >= 0.6 is 0 Å². The van der Waals surface area contributed by atoms with Gasteiger partial charge in [0.05, 0.1) is 27.4 Å². The van der Waals surface area contributed by atoms with E-state index in [9.17, 15) is 4.79 Å². The number of ether oxygens (including phenoxy) is 5. The second kappa shape index (κ2) is 7.64. The first-order valence-electron chi connectivity index (χ1n) is 8.82. The Kier molecular flexibility index (Phi) is 4.89. The van der Waals surface area contributed by atoms with E-state index in [4.69, 9.17) is 23.7 Å². The second-order valence-corrected chi connectivity index (χ2v) is 6.16. The van der Waals surface area contributed by atoms with Crippen LogP contribution in [0.3, 0.4) is 0 Å². The van der Waals surface area contributed by atoms with Crippen LogP contribution in [0.1, 0.15) is 17.5 Å². The van der Waals surface area contributed by atoms with Gasteiger partial charge in [-0.15, -0.1) is 0 Å². The average Bonchev–Trinajstić information content (AvgIpc) is 2.93. The minimum Gasteiger partial charge on any atom is -0.493 e. The van der Waals surface area contributed by atoms with E-state index < -0.39 is 5.97 Å². The molecule has 0 saturated carbocycles. The minimum atomic E-state index is -0.517. The van der Waals surface area contributed by atoms with E-state index in [0.717, 1.165) is 12.0 Å². The molecule has 0 saturated heterocycles. The fourth-order valence-electron chi connectivity index (χ4n) is 2.93. The normalized spacial score (nSPS) is 17.0. The van der Waals surface area contributed by atoms with Gasteiger partial charge in [-0.3, -0.25) is 0 Å². The van der Waals surface area contributed by atoms with Crippen molar-refractivity contribution < 1.29 is 28.5 Å². The van der Waals surface area contributed by atoms with Crippen molar-refractivity contribution in [3.8, 4) is 23.0 Å². The maximum Gasteiger partial charge on any atom is 0.363 e. The highest BCUT2D eigenvalue weighted by Crippen LogP contribution is 2.32. The van der Waals surface area contributed by atoms with Crippen molar-refractivity contribution in [1.82, 2.24) is 0 Å². The van der Waals surface area contributed by atoms with Crippen LogP contribution in [-0.4, -0.2) is 39.3 Å². The second-order valence-electron chi connectivity index (χ2n) is 6.16. The van der Waals surface area contributed by atoms with E-state index in [2.05, 4.69) is 4.99 Å². The first-order valence-corrected chi connectivity index (χ1v) is 8.82. The summed E-state index contributed by atoms with van der Waals surface area (Å²) in [5.74, 6) is 2.16. The molecule has 0 radical (unpaired) electrons. The molecule has 0 atom stereocenters. The predicted octanol–water partition coefficient (Wildman–Crippen LogP) is 3.21. The van der Waals surface area contributed by atoms with E-state index in [0.29, 0.717) is 41.8 Å². The van der Waals surface area contributed by atoms with Crippen LogP contribution in [-0.2, 0) is 9.53 Å². The Morgan fingerprint density at radius 2 is 1.75 bits per heavy atom. The molecule has 2 aliphatic heterocycles. The summed E-state index contributed by atoms with van der Waals surface area (Å²) in [5, 5.41) is 0. The standard InChI is InChI=1S/C21H19NO6/c1-24-16-7-5-14(12-18(16)25-2)20-22-15(21(23)28-20)10-13-4-6-17-19(11-13)27-9-3-8-26-17/h4-7,10-12H,3,8-9H2,1-2H3/b15-10+. The molecule has 0 unspecified atom stereocenters. The monoisotopic (exact) mass is 381 g/mol. The van der Waals surface area contributed by atoms with Gasteiger partial charge in [-0.2, -0.15) is 0 Å². The molecule has 0 N–H and O–H groups in total. The molecule has 7 heteroatoms. The van der Waals surface area contributed by atoms with Gasteiger partial charge in [0.25, 0.3) is 0 Å². The van der Waals surface area contributed by atoms with Crippen LogP contribution in [0.2, 0.25) is 0 Å². The van der Waals surface area contributed by atoms with Crippen molar-refractivity contribution >= 4 is 17.9 Å². The molecule has 28 heavy (non-hydrogen) atoms. The van der Waals surface area contributed by atoms with E-state index in [1.807, 2.05) is 18.2 Å². The minimum absolute atomic E-state index is 0.208. The number of fused-ring (bicyclic) bond motifs is 1.